The summed E-state index contributed by atoms with van der Waals surface area (Å²) in [7, 11) is 0. The average molecular weight is 327 g/mol. The number of benzene rings is 1. The van der Waals surface area contributed by atoms with Gasteiger partial charge in [-0.1, -0.05) is 36.0 Å². The zero-order valence-electron chi connectivity index (χ0n) is 11.5. The van der Waals surface area contributed by atoms with E-state index in [1.807, 2.05) is 0 Å². The van der Waals surface area contributed by atoms with Crippen LogP contribution in [0.5, 0.6) is 0 Å². The zero-order valence-corrected chi connectivity index (χ0v) is 13.0. The van der Waals surface area contributed by atoms with Gasteiger partial charge < -0.3 is 10.2 Å². The molecule has 4 nitrogen and oxygen atoms in total. The highest BCUT2D eigenvalue weighted by Gasteiger charge is 2.50. The number of hydrogen-bond acceptors (Lipinski definition) is 2. The van der Waals surface area contributed by atoms with Gasteiger partial charge in [0, 0.05) is 16.6 Å². The molecule has 0 aromatic heterocycles. The van der Waals surface area contributed by atoms with Crippen LogP contribution >= 0.6 is 23.2 Å². The van der Waals surface area contributed by atoms with Crippen LogP contribution in [0.15, 0.2) is 18.2 Å². The van der Waals surface area contributed by atoms with E-state index in [0.717, 1.165) is 18.4 Å². The number of carbonyl (C=O) groups excluding carboxylic acids is 2. The van der Waals surface area contributed by atoms with Crippen LogP contribution in [0.4, 0.5) is 0 Å². The Bertz CT molecular complexity index is 597. The molecule has 1 aliphatic carbocycles. The topological polar surface area (TPSA) is 49.4 Å². The van der Waals surface area contributed by atoms with Gasteiger partial charge in [-0.05, 0) is 36.6 Å². The minimum absolute atomic E-state index is 0.0437. The Labute approximate surface area is 133 Å². The molecule has 0 atom stereocenters. The quantitative estimate of drug-likeness (QED) is 0.908. The van der Waals surface area contributed by atoms with E-state index in [-0.39, 0.29) is 18.4 Å². The Morgan fingerprint density at radius 2 is 1.90 bits per heavy atom. The molecule has 0 radical (unpaired) electrons. The maximum Gasteiger partial charge on any atom is 0.246 e. The lowest BCUT2D eigenvalue weighted by Crippen LogP contribution is -2.65. The number of hydrogen-bond donors (Lipinski definition) is 1. The van der Waals surface area contributed by atoms with Crippen LogP contribution in [0.1, 0.15) is 31.2 Å². The second kappa shape index (κ2) is 5.50. The summed E-state index contributed by atoms with van der Waals surface area (Å²) in [5, 5.41) is 3.85. The highest BCUT2D eigenvalue weighted by Crippen LogP contribution is 2.38. The fourth-order valence-corrected chi connectivity index (χ4v) is 3.68. The number of rotatable bonds is 2. The van der Waals surface area contributed by atoms with Gasteiger partial charge in [0.15, 0.2) is 0 Å². The molecule has 2 aliphatic rings. The molecule has 1 heterocycles. The maximum atomic E-state index is 12.4. The van der Waals surface area contributed by atoms with Gasteiger partial charge in [0.1, 0.15) is 5.54 Å². The lowest BCUT2D eigenvalue weighted by molar-refractivity contribution is -0.154. The molecule has 2 amide bonds. The summed E-state index contributed by atoms with van der Waals surface area (Å²) in [5.74, 6) is -0.106. The molecule has 0 unspecified atom stereocenters. The van der Waals surface area contributed by atoms with Crippen molar-refractivity contribution in [3.63, 3.8) is 0 Å². The third-order valence-corrected chi connectivity index (χ3v) is 5.01. The van der Waals surface area contributed by atoms with Crippen LogP contribution in [-0.4, -0.2) is 28.8 Å². The van der Waals surface area contributed by atoms with E-state index in [9.17, 15) is 9.59 Å². The van der Waals surface area contributed by atoms with Crippen molar-refractivity contribution in [2.75, 3.05) is 6.54 Å². The van der Waals surface area contributed by atoms with Crippen LogP contribution in [0.25, 0.3) is 0 Å². The van der Waals surface area contributed by atoms with Gasteiger partial charge in [0.05, 0.1) is 6.54 Å². The van der Waals surface area contributed by atoms with Crippen molar-refractivity contribution in [3.8, 4) is 0 Å². The highest BCUT2D eigenvalue weighted by atomic mass is 35.5. The van der Waals surface area contributed by atoms with Gasteiger partial charge in [0.2, 0.25) is 11.8 Å². The molecular weight excluding hydrogens is 311 g/mol. The van der Waals surface area contributed by atoms with Crippen LogP contribution < -0.4 is 5.32 Å². The summed E-state index contributed by atoms with van der Waals surface area (Å²) in [6.45, 7) is 0.379. The maximum absolute atomic E-state index is 12.4. The van der Waals surface area contributed by atoms with E-state index >= 15 is 0 Å². The van der Waals surface area contributed by atoms with Crippen LogP contribution in [-0.2, 0) is 16.1 Å². The standard InChI is InChI=1S/C15H16Cl2N2O2/c16-11-3-4-12(17)10(7-11)9-19-13(20)8-18-14(21)15(19)5-1-2-6-15/h3-4,7H,1-2,5-6,8-9H2,(H,18,21). The summed E-state index contributed by atoms with van der Waals surface area (Å²) in [4.78, 5) is 26.4. The fourth-order valence-electron chi connectivity index (χ4n) is 3.31. The summed E-state index contributed by atoms with van der Waals surface area (Å²) < 4.78 is 0. The Balaban J connectivity index is 1.95. The molecule has 0 bridgehead atoms. The summed E-state index contributed by atoms with van der Waals surface area (Å²) >= 11 is 12.2. The Morgan fingerprint density at radius 3 is 2.62 bits per heavy atom. The molecule has 3 rings (SSSR count). The van der Waals surface area contributed by atoms with Gasteiger partial charge in [-0.3, -0.25) is 9.59 Å². The molecule has 112 valence electrons. The summed E-state index contributed by atoms with van der Waals surface area (Å²) in [6, 6.07) is 5.19. The number of halogens is 2. The van der Waals surface area contributed by atoms with Crippen LogP contribution in [0, 0.1) is 0 Å². The first-order valence-electron chi connectivity index (χ1n) is 7.06. The Kier molecular flexibility index (Phi) is 3.84. The van der Waals surface area contributed by atoms with Crippen LogP contribution in [0.2, 0.25) is 10.0 Å². The van der Waals surface area contributed by atoms with Crippen molar-refractivity contribution in [3.05, 3.63) is 33.8 Å². The highest BCUT2D eigenvalue weighted by molar-refractivity contribution is 6.33. The molecule has 1 saturated heterocycles. The Hall–Kier alpha value is -1.26. The predicted octanol–water partition coefficient (Wildman–Crippen LogP) is 2.76. The monoisotopic (exact) mass is 326 g/mol. The predicted molar refractivity (Wildman–Crippen MR) is 81.2 cm³/mol. The van der Waals surface area contributed by atoms with E-state index in [2.05, 4.69) is 5.32 Å². The molecule has 1 aromatic rings. The molecule has 6 heteroatoms. The molecule has 21 heavy (non-hydrogen) atoms. The normalized spacial score (nSPS) is 21.0. The number of amides is 2. The van der Waals surface area contributed by atoms with Crippen molar-refractivity contribution < 1.29 is 9.59 Å². The van der Waals surface area contributed by atoms with Gasteiger partial charge >= 0.3 is 0 Å². The molecule has 1 saturated carbocycles. The lowest BCUT2D eigenvalue weighted by Gasteiger charge is -2.43. The van der Waals surface area contributed by atoms with Crippen molar-refractivity contribution >= 4 is 35.0 Å². The fraction of sp³-hybridized carbons (Fsp3) is 0.467. The minimum Gasteiger partial charge on any atom is -0.345 e. The largest absolute Gasteiger partial charge is 0.345 e. The van der Waals surface area contributed by atoms with Gasteiger partial charge in [-0.25, -0.2) is 0 Å². The molecule has 1 spiro atoms. The third kappa shape index (κ3) is 2.51. The van der Waals surface area contributed by atoms with E-state index < -0.39 is 5.54 Å². The number of nitrogens with zero attached hydrogens (tertiary/aromatic N) is 1. The van der Waals surface area contributed by atoms with Gasteiger partial charge in [-0.2, -0.15) is 0 Å². The molecule has 1 aromatic carbocycles. The number of nitrogens with one attached hydrogen (secondary N) is 1. The van der Waals surface area contributed by atoms with E-state index in [1.54, 1.807) is 23.1 Å². The average Bonchev–Trinajstić information content (AvgIpc) is 2.94. The first-order chi connectivity index (χ1) is 10.0. The van der Waals surface area contributed by atoms with Crippen molar-refractivity contribution in [2.24, 2.45) is 0 Å². The van der Waals surface area contributed by atoms with Crippen molar-refractivity contribution in [1.82, 2.24) is 10.2 Å². The van der Waals surface area contributed by atoms with Crippen LogP contribution in [0.3, 0.4) is 0 Å². The van der Waals surface area contributed by atoms with E-state index in [1.165, 1.54) is 0 Å². The Morgan fingerprint density at radius 1 is 1.19 bits per heavy atom. The van der Waals surface area contributed by atoms with E-state index in [0.29, 0.717) is 29.4 Å². The second-order valence-electron chi connectivity index (χ2n) is 5.64. The lowest BCUT2D eigenvalue weighted by atomic mass is 9.90. The molecular formula is C15H16Cl2N2O2. The smallest absolute Gasteiger partial charge is 0.246 e. The summed E-state index contributed by atoms with van der Waals surface area (Å²) in [6.07, 6.45) is 3.34. The first-order valence-corrected chi connectivity index (χ1v) is 7.81. The molecule has 1 aliphatic heterocycles. The SMILES string of the molecule is O=C1CNC(=O)C2(CCCC2)N1Cc1cc(Cl)ccc1Cl. The first kappa shape index (κ1) is 14.7. The minimum atomic E-state index is -0.707. The van der Waals surface area contributed by atoms with Gasteiger partial charge in [0.25, 0.3) is 0 Å². The van der Waals surface area contributed by atoms with Crippen molar-refractivity contribution in [2.45, 2.75) is 37.8 Å². The zero-order chi connectivity index (χ0) is 15.0. The second-order valence-corrected chi connectivity index (χ2v) is 6.48. The third-order valence-electron chi connectivity index (χ3n) is 4.41. The number of piperazine rings is 1. The van der Waals surface area contributed by atoms with Crippen molar-refractivity contribution in [1.29, 1.82) is 0 Å². The van der Waals surface area contributed by atoms with Gasteiger partial charge in [-0.15, -0.1) is 0 Å². The number of carbonyl (C=O) groups is 2. The summed E-state index contributed by atoms with van der Waals surface area (Å²) in [5.41, 5.74) is 0.0690. The molecule has 2 fully saturated rings. The molecule has 1 N–H and O–H groups in total. The van der Waals surface area contributed by atoms with E-state index in [4.69, 9.17) is 23.2 Å².